The maximum Gasteiger partial charge on any atom is 0.276 e. The molecular formula is C15H15ClN4O2. The fourth-order valence-corrected chi connectivity index (χ4v) is 2.59. The van der Waals surface area contributed by atoms with Crippen LogP contribution in [0.2, 0.25) is 5.02 Å². The Morgan fingerprint density at radius 2 is 1.95 bits per heavy atom. The van der Waals surface area contributed by atoms with E-state index in [1.54, 1.807) is 24.3 Å². The molecule has 1 saturated heterocycles. The van der Waals surface area contributed by atoms with Crippen LogP contribution in [0.1, 0.15) is 23.3 Å². The van der Waals surface area contributed by atoms with Crippen molar-refractivity contribution >= 4 is 29.0 Å². The van der Waals surface area contributed by atoms with Crippen molar-refractivity contribution in [2.24, 2.45) is 0 Å². The van der Waals surface area contributed by atoms with E-state index < -0.39 is 5.91 Å². The molecule has 22 heavy (non-hydrogen) atoms. The van der Waals surface area contributed by atoms with Crippen molar-refractivity contribution in [1.82, 2.24) is 10.2 Å². The van der Waals surface area contributed by atoms with Crippen molar-refractivity contribution in [3.63, 3.8) is 0 Å². The Bertz CT molecular complexity index is 664. The number of aromatic nitrogens is 2. The van der Waals surface area contributed by atoms with Crippen LogP contribution < -0.4 is 10.2 Å². The third kappa shape index (κ3) is 2.96. The molecule has 1 aromatic carbocycles. The topological polar surface area (TPSA) is 78.4 Å². The molecule has 1 aliphatic rings. The fourth-order valence-electron chi connectivity index (χ4n) is 2.38. The number of phenols is 1. The van der Waals surface area contributed by atoms with Crippen LogP contribution in [0.25, 0.3) is 0 Å². The average Bonchev–Trinajstić information content (AvgIpc) is 3.05. The molecule has 2 heterocycles. The number of carbonyl (C=O) groups is 1. The van der Waals surface area contributed by atoms with E-state index in [0.29, 0.717) is 0 Å². The van der Waals surface area contributed by atoms with E-state index >= 15 is 0 Å². The summed E-state index contributed by atoms with van der Waals surface area (Å²) in [5, 5.41) is 20.6. The van der Waals surface area contributed by atoms with Gasteiger partial charge in [0.2, 0.25) is 0 Å². The number of phenolic OH excluding ortho intramolecular Hbond substituents is 1. The molecule has 1 aromatic heterocycles. The van der Waals surface area contributed by atoms with Crippen LogP contribution in [0.5, 0.6) is 5.75 Å². The summed E-state index contributed by atoms with van der Waals surface area (Å²) in [6, 6.07) is 8.02. The molecule has 0 bridgehead atoms. The van der Waals surface area contributed by atoms with Gasteiger partial charge >= 0.3 is 0 Å². The zero-order chi connectivity index (χ0) is 15.5. The smallest absolute Gasteiger partial charge is 0.276 e. The number of para-hydroxylation sites is 1. The molecule has 2 aromatic rings. The second-order valence-corrected chi connectivity index (χ2v) is 5.47. The fraction of sp³-hybridized carbons (Fsp3) is 0.267. The molecule has 0 unspecified atom stereocenters. The molecule has 1 amide bonds. The minimum Gasteiger partial charge on any atom is -0.506 e. The molecule has 114 valence electrons. The van der Waals surface area contributed by atoms with E-state index in [2.05, 4.69) is 20.4 Å². The molecule has 6 nitrogen and oxygen atoms in total. The third-order valence-corrected chi connectivity index (χ3v) is 3.86. The van der Waals surface area contributed by atoms with Gasteiger partial charge in [0.15, 0.2) is 11.5 Å². The van der Waals surface area contributed by atoms with Crippen molar-refractivity contribution in [3.8, 4) is 5.75 Å². The molecule has 0 radical (unpaired) electrons. The summed E-state index contributed by atoms with van der Waals surface area (Å²) in [5.41, 5.74) is 0.335. The number of rotatable bonds is 3. The van der Waals surface area contributed by atoms with Gasteiger partial charge in [-0.2, -0.15) is 0 Å². The lowest BCUT2D eigenvalue weighted by molar-refractivity contribution is 0.102. The SMILES string of the molecule is O=C(Nc1c(O)cccc1Cl)c1ccc(N2CCCC2)nn1. The number of nitrogens with one attached hydrogen (secondary N) is 1. The van der Waals surface area contributed by atoms with E-state index in [1.807, 2.05) is 0 Å². The van der Waals surface area contributed by atoms with Crippen LogP contribution in [0, 0.1) is 0 Å². The highest BCUT2D eigenvalue weighted by Gasteiger charge is 2.16. The minimum atomic E-state index is -0.469. The highest BCUT2D eigenvalue weighted by molar-refractivity contribution is 6.34. The van der Waals surface area contributed by atoms with Crippen molar-refractivity contribution in [2.75, 3.05) is 23.3 Å². The van der Waals surface area contributed by atoms with Gasteiger partial charge in [-0.15, -0.1) is 10.2 Å². The van der Waals surface area contributed by atoms with Crippen LogP contribution in [-0.4, -0.2) is 34.3 Å². The van der Waals surface area contributed by atoms with Gasteiger partial charge in [0.05, 0.1) is 5.02 Å². The Hall–Kier alpha value is -2.34. The van der Waals surface area contributed by atoms with Crippen LogP contribution in [0.15, 0.2) is 30.3 Å². The van der Waals surface area contributed by atoms with E-state index in [4.69, 9.17) is 11.6 Å². The van der Waals surface area contributed by atoms with E-state index in [-0.39, 0.29) is 22.2 Å². The first-order valence-corrected chi connectivity index (χ1v) is 7.40. The number of nitrogens with zero attached hydrogens (tertiary/aromatic N) is 3. The summed E-state index contributed by atoms with van der Waals surface area (Å²) < 4.78 is 0. The molecule has 1 fully saturated rings. The Morgan fingerprint density at radius 1 is 1.18 bits per heavy atom. The minimum absolute atomic E-state index is 0.0949. The lowest BCUT2D eigenvalue weighted by atomic mass is 10.2. The number of anilines is 2. The summed E-state index contributed by atoms with van der Waals surface area (Å²) >= 11 is 5.95. The first kappa shape index (κ1) is 14.6. The maximum absolute atomic E-state index is 12.2. The number of benzene rings is 1. The summed E-state index contributed by atoms with van der Waals surface area (Å²) in [6.45, 7) is 1.93. The predicted molar refractivity (Wildman–Crippen MR) is 84.5 cm³/mol. The van der Waals surface area contributed by atoms with Gasteiger partial charge in [0.25, 0.3) is 5.91 Å². The quantitative estimate of drug-likeness (QED) is 0.851. The summed E-state index contributed by atoms with van der Waals surface area (Å²) in [5.74, 6) is 0.209. The van der Waals surface area contributed by atoms with E-state index in [0.717, 1.165) is 31.7 Å². The maximum atomic E-state index is 12.2. The largest absolute Gasteiger partial charge is 0.506 e. The summed E-state index contributed by atoms with van der Waals surface area (Å²) in [7, 11) is 0. The lowest BCUT2D eigenvalue weighted by Crippen LogP contribution is -2.21. The summed E-state index contributed by atoms with van der Waals surface area (Å²) in [4.78, 5) is 14.3. The highest BCUT2D eigenvalue weighted by atomic mass is 35.5. The molecule has 0 atom stereocenters. The van der Waals surface area contributed by atoms with Gasteiger partial charge in [-0.25, -0.2) is 0 Å². The Balaban J connectivity index is 1.75. The van der Waals surface area contributed by atoms with Crippen LogP contribution in [-0.2, 0) is 0 Å². The molecule has 7 heteroatoms. The van der Waals surface area contributed by atoms with Gasteiger partial charge in [0, 0.05) is 13.1 Å². The number of carbonyl (C=O) groups excluding carboxylic acids is 1. The monoisotopic (exact) mass is 318 g/mol. The third-order valence-electron chi connectivity index (χ3n) is 3.54. The Labute approximate surface area is 132 Å². The van der Waals surface area contributed by atoms with Gasteiger partial charge < -0.3 is 15.3 Å². The van der Waals surface area contributed by atoms with E-state index in [9.17, 15) is 9.90 Å². The second kappa shape index (κ2) is 6.19. The normalized spacial score (nSPS) is 14.1. The molecule has 1 aliphatic heterocycles. The second-order valence-electron chi connectivity index (χ2n) is 5.06. The number of halogens is 1. The van der Waals surface area contributed by atoms with E-state index in [1.165, 1.54) is 6.07 Å². The van der Waals surface area contributed by atoms with Gasteiger partial charge in [-0.05, 0) is 37.1 Å². The van der Waals surface area contributed by atoms with Crippen molar-refractivity contribution < 1.29 is 9.90 Å². The Morgan fingerprint density at radius 3 is 2.59 bits per heavy atom. The molecule has 3 rings (SSSR count). The van der Waals surface area contributed by atoms with Gasteiger partial charge in [-0.3, -0.25) is 4.79 Å². The zero-order valence-corrected chi connectivity index (χ0v) is 12.5. The number of hydrogen-bond donors (Lipinski definition) is 2. The average molecular weight is 319 g/mol. The summed E-state index contributed by atoms with van der Waals surface area (Å²) in [6.07, 6.45) is 2.30. The number of amides is 1. The van der Waals surface area contributed by atoms with Crippen molar-refractivity contribution in [3.05, 3.63) is 41.0 Å². The highest BCUT2D eigenvalue weighted by Crippen LogP contribution is 2.31. The van der Waals surface area contributed by atoms with Crippen LogP contribution >= 0.6 is 11.6 Å². The molecule has 0 aliphatic carbocycles. The van der Waals surface area contributed by atoms with Gasteiger partial charge in [-0.1, -0.05) is 17.7 Å². The molecule has 0 spiro atoms. The van der Waals surface area contributed by atoms with Crippen LogP contribution in [0.3, 0.4) is 0 Å². The van der Waals surface area contributed by atoms with Gasteiger partial charge in [0.1, 0.15) is 11.4 Å². The lowest BCUT2D eigenvalue weighted by Gasteiger charge is -2.15. The van der Waals surface area contributed by atoms with Crippen LogP contribution in [0.4, 0.5) is 11.5 Å². The molecule has 2 N–H and O–H groups in total. The number of aromatic hydroxyl groups is 1. The first-order valence-electron chi connectivity index (χ1n) is 7.02. The first-order chi connectivity index (χ1) is 10.6. The number of hydrogen-bond acceptors (Lipinski definition) is 5. The van der Waals surface area contributed by atoms with Crippen molar-refractivity contribution in [2.45, 2.75) is 12.8 Å². The predicted octanol–water partition coefficient (Wildman–Crippen LogP) is 2.69. The molecule has 0 saturated carbocycles. The molecular weight excluding hydrogens is 304 g/mol. The van der Waals surface area contributed by atoms with Crippen molar-refractivity contribution in [1.29, 1.82) is 0 Å². The standard InChI is InChI=1S/C15H15ClN4O2/c16-10-4-3-5-12(21)14(10)17-15(22)11-6-7-13(19-18-11)20-8-1-2-9-20/h3-7,21H,1-2,8-9H2,(H,17,22). The zero-order valence-electron chi connectivity index (χ0n) is 11.8. The Kier molecular flexibility index (Phi) is 4.11.